The Labute approximate surface area is 171 Å². The standard InChI is InChI=1S/C21H28N6O2/c1-25-9-11-26(12-10-25)8-7-22-20(28)18-19-23-14-17(21(29)27(19)15-24-18)13-16-5-3-2-4-6-16/h2-6,14,19,23H,7-13,15H2,1H3,(H,22,28). The van der Waals surface area contributed by atoms with E-state index in [4.69, 9.17) is 0 Å². The molecule has 2 N–H and O–H groups in total. The zero-order valence-electron chi connectivity index (χ0n) is 16.8. The van der Waals surface area contributed by atoms with Crippen molar-refractivity contribution in [1.82, 2.24) is 25.3 Å². The second kappa shape index (κ2) is 8.75. The van der Waals surface area contributed by atoms with Gasteiger partial charge in [-0.15, -0.1) is 0 Å². The molecule has 154 valence electrons. The van der Waals surface area contributed by atoms with E-state index in [1.54, 1.807) is 11.1 Å². The van der Waals surface area contributed by atoms with Crippen molar-refractivity contribution in [2.24, 2.45) is 4.99 Å². The minimum atomic E-state index is -0.481. The van der Waals surface area contributed by atoms with Gasteiger partial charge < -0.3 is 15.5 Å². The number of hydrogen-bond acceptors (Lipinski definition) is 6. The maximum absolute atomic E-state index is 12.8. The van der Waals surface area contributed by atoms with Gasteiger partial charge in [-0.2, -0.15) is 0 Å². The second-order valence-electron chi connectivity index (χ2n) is 7.76. The molecule has 0 radical (unpaired) electrons. The third kappa shape index (κ3) is 4.49. The summed E-state index contributed by atoms with van der Waals surface area (Å²) in [5, 5.41) is 6.15. The summed E-state index contributed by atoms with van der Waals surface area (Å²) in [6.45, 7) is 5.78. The van der Waals surface area contributed by atoms with Gasteiger partial charge in [0.05, 0.1) is 0 Å². The molecule has 29 heavy (non-hydrogen) atoms. The van der Waals surface area contributed by atoms with E-state index in [1.807, 2.05) is 30.3 Å². The van der Waals surface area contributed by atoms with Gasteiger partial charge >= 0.3 is 0 Å². The summed E-state index contributed by atoms with van der Waals surface area (Å²) in [5.74, 6) is -0.270. The van der Waals surface area contributed by atoms with Crippen LogP contribution < -0.4 is 10.6 Å². The molecule has 0 saturated carbocycles. The van der Waals surface area contributed by atoms with Crippen molar-refractivity contribution in [3.8, 4) is 0 Å². The van der Waals surface area contributed by atoms with Crippen LogP contribution in [0.2, 0.25) is 0 Å². The first-order valence-corrected chi connectivity index (χ1v) is 10.2. The molecule has 0 aliphatic carbocycles. The quantitative estimate of drug-likeness (QED) is 0.687. The Balaban J connectivity index is 1.29. The van der Waals surface area contributed by atoms with Gasteiger partial charge in [-0.05, 0) is 12.6 Å². The van der Waals surface area contributed by atoms with E-state index in [2.05, 4.69) is 32.5 Å². The summed E-state index contributed by atoms with van der Waals surface area (Å²) in [7, 11) is 2.13. The highest BCUT2D eigenvalue weighted by Gasteiger charge is 2.39. The number of fused-ring (bicyclic) bond motifs is 1. The van der Waals surface area contributed by atoms with E-state index in [1.165, 1.54) is 0 Å². The Bertz CT molecular complexity index is 814. The first-order chi connectivity index (χ1) is 14.1. The van der Waals surface area contributed by atoms with Crippen LogP contribution in [-0.2, 0) is 16.0 Å². The van der Waals surface area contributed by atoms with E-state index in [0.717, 1.165) is 38.3 Å². The molecule has 8 nitrogen and oxygen atoms in total. The molecule has 3 heterocycles. The fourth-order valence-electron chi connectivity index (χ4n) is 3.87. The SMILES string of the molecule is CN1CCN(CCNC(=O)C2=NCN3C(=O)C(Cc4ccccc4)=CNC23)CC1. The van der Waals surface area contributed by atoms with Crippen LogP contribution in [0.3, 0.4) is 0 Å². The average Bonchev–Trinajstić information content (AvgIpc) is 3.17. The van der Waals surface area contributed by atoms with Gasteiger partial charge in [-0.25, -0.2) is 0 Å². The maximum Gasteiger partial charge on any atom is 0.269 e. The zero-order chi connectivity index (χ0) is 20.2. The summed E-state index contributed by atoms with van der Waals surface area (Å²) in [4.78, 5) is 36.1. The van der Waals surface area contributed by atoms with Crippen LogP contribution >= 0.6 is 0 Å². The number of hydrogen-bond donors (Lipinski definition) is 2. The fourth-order valence-corrected chi connectivity index (χ4v) is 3.87. The molecule has 1 saturated heterocycles. The largest absolute Gasteiger partial charge is 0.366 e. The number of likely N-dealkylation sites (N-methyl/N-ethyl adjacent to an activating group) is 1. The van der Waals surface area contributed by atoms with Crippen LogP contribution in [0.15, 0.2) is 47.1 Å². The lowest BCUT2D eigenvalue weighted by Gasteiger charge is -2.32. The molecule has 4 rings (SSSR count). The number of nitrogens with zero attached hydrogens (tertiary/aromatic N) is 4. The molecule has 3 aliphatic rings. The number of amides is 2. The Morgan fingerprint density at radius 2 is 1.97 bits per heavy atom. The van der Waals surface area contributed by atoms with Crippen molar-refractivity contribution in [1.29, 1.82) is 0 Å². The number of rotatable bonds is 6. The maximum atomic E-state index is 12.8. The molecular weight excluding hydrogens is 368 g/mol. The first-order valence-electron chi connectivity index (χ1n) is 10.2. The van der Waals surface area contributed by atoms with Crippen LogP contribution in [0.25, 0.3) is 0 Å². The predicted octanol–water partition coefficient (Wildman–Crippen LogP) is -0.353. The lowest BCUT2D eigenvalue weighted by atomic mass is 10.0. The summed E-state index contributed by atoms with van der Waals surface area (Å²) in [6.07, 6.45) is 1.81. The van der Waals surface area contributed by atoms with E-state index in [9.17, 15) is 9.59 Å². The molecule has 0 spiro atoms. The van der Waals surface area contributed by atoms with Crippen molar-refractivity contribution < 1.29 is 9.59 Å². The average molecular weight is 396 g/mol. The number of aliphatic imine (C=N–C) groups is 1. The lowest BCUT2D eigenvalue weighted by Crippen LogP contribution is -2.55. The van der Waals surface area contributed by atoms with Crippen molar-refractivity contribution >= 4 is 17.5 Å². The molecule has 1 aromatic rings. The van der Waals surface area contributed by atoms with Gasteiger partial charge in [0.2, 0.25) is 0 Å². The van der Waals surface area contributed by atoms with Crippen LogP contribution in [0.4, 0.5) is 0 Å². The van der Waals surface area contributed by atoms with Gasteiger partial charge in [-0.3, -0.25) is 24.4 Å². The van der Waals surface area contributed by atoms with E-state index in [-0.39, 0.29) is 18.5 Å². The topological polar surface area (TPSA) is 80.3 Å². The summed E-state index contributed by atoms with van der Waals surface area (Å²) >= 11 is 0. The highest BCUT2D eigenvalue weighted by Crippen LogP contribution is 2.20. The molecule has 1 atom stereocenters. The third-order valence-electron chi connectivity index (χ3n) is 5.69. The molecule has 1 unspecified atom stereocenters. The summed E-state index contributed by atoms with van der Waals surface area (Å²) < 4.78 is 0. The highest BCUT2D eigenvalue weighted by atomic mass is 16.2. The van der Waals surface area contributed by atoms with Crippen molar-refractivity contribution in [3.63, 3.8) is 0 Å². The zero-order valence-corrected chi connectivity index (χ0v) is 16.8. The molecule has 8 heteroatoms. The smallest absolute Gasteiger partial charge is 0.269 e. The first kappa shape index (κ1) is 19.6. The van der Waals surface area contributed by atoms with Gasteiger partial charge in [0, 0.05) is 57.5 Å². The Morgan fingerprint density at radius 3 is 2.72 bits per heavy atom. The minimum Gasteiger partial charge on any atom is -0.366 e. The summed E-state index contributed by atoms with van der Waals surface area (Å²) in [6, 6.07) is 9.88. The van der Waals surface area contributed by atoms with E-state index >= 15 is 0 Å². The third-order valence-corrected chi connectivity index (χ3v) is 5.69. The van der Waals surface area contributed by atoms with Crippen LogP contribution in [-0.4, -0.2) is 91.4 Å². The minimum absolute atomic E-state index is 0.0680. The van der Waals surface area contributed by atoms with Crippen LogP contribution in [0.5, 0.6) is 0 Å². The number of benzene rings is 1. The molecule has 0 bridgehead atoms. The number of carbonyl (C=O) groups excluding carboxylic acids is 2. The molecular formula is C21H28N6O2. The van der Waals surface area contributed by atoms with Crippen molar-refractivity contribution in [2.45, 2.75) is 12.6 Å². The van der Waals surface area contributed by atoms with Crippen LogP contribution in [0.1, 0.15) is 5.56 Å². The van der Waals surface area contributed by atoms with Gasteiger partial charge in [0.1, 0.15) is 12.4 Å². The van der Waals surface area contributed by atoms with E-state index < -0.39 is 6.17 Å². The second-order valence-corrected chi connectivity index (χ2v) is 7.76. The monoisotopic (exact) mass is 396 g/mol. The Morgan fingerprint density at radius 1 is 1.21 bits per heavy atom. The normalized spacial score (nSPS) is 22.6. The summed E-state index contributed by atoms with van der Waals surface area (Å²) in [5.41, 5.74) is 2.14. The molecule has 2 amide bonds. The Kier molecular flexibility index (Phi) is 5.92. The highest BCUT2D eigenvalue weighted by molar-refractivity contribution is 6.41. The van der Waals surface area contributed by atoms with Gasteiger partial charge in [0.15, 0.2) is 6.17 Å². The van der Waals surface area contributed by atoms with Crippen molar-refractivity contribution in [3.05, 3.63) is 47.7 Å². The fraction of sp³-hybridized carbons (Fsp3) is 0.476. The molecule has 1 fully saturated rings. The number of carbonyl (C=O) groups is 2. The van der Waals surface area contributed by atoms with Gasteiger partial charge in [0.25, 0.3) is 11.8 Å². The molecule has 0 aromatic heterocycles. The molecule has 1 aromatic carbocycles. The number of piperazine rings is 1. The number of nitrogens with one attached hydrogen (secondary N) is 2. The van der Waals surface area contributed by atoms with Gasteiger partial charge in [-0.1, -0.05) is 30.3 Å². The van der Waals surface area contributed by atoms with Crippen LogP contribution in [0, 0.1) is 0 Å². The predicted molar refractivity (Wildman–Crippen MR) is 111 cm³/mol. The lowest BCUT2D eigenvalue weighted by molar-refractivity contribution is -0.128. The molecule has 3 aliphatic heterocycles. The van der Waals surface area contributed by atoms with E-state index in [0.29, 0.717) is 24.3 Å². The van der Waals surface area contributed by atoms with Crippen molar-refractivity contribution in [2.75, 3.05) is 53.0 Å². The Hall–Kier alpha value is -2.71.